The molecule has 1 unspecified atom stereocenters. The normalized spacial score (nSPS) is 12.1. The fourth-order valence-corrected chi connectivity index (χ4v) is 8.02. The Hall–Kier alpha value is -2.11. The summed E-state index contributed by atoms with van der Waals surface area (Å²) in [5, 5.41) is 0. The molecule has 0 aromatic rings. The Morgan fingerprint density at radius 2 is 0.532 bits per heavy atom. The highest BCUT2D eigenvalue weighted by molar-refractivity contribution is 5.71. The third-order valence-electron chi connectivity index (χ3n) is 12.2. The first-order valence-electron chi connectivity index (χ1n) is 27.3. The largest absolute Gasteiger partial charge is 0.462 e. The summed E-state index contributed by atoms with van der Waals surface area (Å²) in [6, 6.07) is 0. The molecule has 0 saturated heterocycles. The van der Waals surface area contributed by atoms with E-state index in [0.29, 0.717) is 19.3 Å². The van der Waals surface area contributed by atoms with Gasteiger partial charge in [-0.2, -0.15) is 0 Å². The van der Waals surface area contributed by atoms with Crippen molar-refractivity contribution < 1.29 is 28.6 Å². The molecule has 0 saturated carbocycles. The summed E-state index contributed by atoms with van der Waals surface area (Å²) in [5.74, 6) is -0.896. The van der Waals surface area contributed by atoms with Crippen LogP contribution < -0.4 is 0 Å². The summed E-state index contributed by atoms with van der Waals surface area (Å²) >= 11 is 0. The van der Waals surface area contributed by atoms with Gasteiger partial charge in [-0.3, -0.25) is 14.4 Å². The average molecular weight is 873 g/mol. The van der Waals surface area contributed by atoms with Crippen molar-refractivity contribution in [3.63, 3.8) is 0 Å². The van der Waals surface area contributed by atoms with E-state index in [9.17, 15) is 14.4 Å². The summed E-state index contributed by atoms with van der Waals surface area (Å²) in [6.07, 6.45) is 58.8. The van der Waals surface area contributed by atoms with E-state index in [4.69, 9.17) is 14.2 Å². The average Bonchev–Trinajstić information content (AvgIpc) is 3.27. The van der Waals surface area contributed by atoms with Crippen LogP contribution >= 0.6 is 0 Å². The zero-order valence-electron chi connectivity index (χ0n) is 41.7. The number of unbranched alkanes of at least 4 members (excludes halogenated alkanes) is 35. The number of ether oxygens (including phenoxy) is 3. The Kier molecular flexibility index (Phi) is 49.8. The maximum Gasteiger partial charge on any atom is 0.306 e. The van der Waals surface area contributed by atoms with Crippen molar-refractivity contribution in [2.75, 3.05) is 13.2 Å². The van der Waals surface area contributed by atoms with Gasteiger partial charge in [0.25, 0.3) is 0 Å². The minimum absolute atomic E-state index is 0.0780. The third kappa shape index (κ3) is 48.9. The molecule has 0 aliphatic heterocycles. The molecule has 0 heterocycles. The van der Waals surface area contributed by atoms with E-state index >= 15 is 0 Å². The minimum Gasteiger partial charge on any atom is -0.462 e. The van der Waals surface area contributed by atoms with Gasteiger partial charge in [-0.1, -0.05) is 231 Å². The van der Waals surface area contributed by atoms with Crippen LogP contribution in [0, 0.1) is 0 Å². The predicted octanol–water partition coefficient (Wildman–Crippen LogP) is 17.9. The first-order chi connectivity index (χ1) is 30.5. The number of esters is 3. The molecule has 0 N–H and O–H groups in total. The first-order valence-corrected chi connectivity index (χ1v) is 27.3. The molecule has 364 valence electrons. The van der Waals surface area contributed by atoms with Crippen LogP contribution in [0.4, 0.5) is 0 Å². The third-order valence-corrected chi connectivity index (χ3v) is 12.2. The van der Waals surface area contributed by atoms with E-state index in [1.165, 1.54) is 173 Å². The van der Waals surface area contributed by atoms with Crippen molar-refractivity contribution in [2.24, 2.45) is 0 Å². The number of rotatable bonds is 50. The quantitative estimate of drug-likeness (QED) is 0.0262. The number of hydrogen-bond donors (Lipinski definition) is 0. The number of carbonyl (C=O) groups is 3. The van der Waals surface area contributed by atoms with Gasteiger partial charge in [-0.05, 0) is 70.6 Å². The summed E-state index contributed by atoms with van der Waals surface area (Å²) in [4.78, 5) is 38.0. The maximum absolute atomic E-state index is 12.8. The molecule has 6 nitrogen and oxygen atoms in total. The fourth-order valence-electron chi connectivity index (χ4n) is 8.02. The van der Waals surface area contributed by atoms with Gasteiger partial charge in [0.2, 0.25) is 0 Å². The molecule has 0 radical (unpaired) electrons. The number of carbonyl (C=O) groups excluding carboxylic acids is 3. The summed E-state index contributed by atoms with van der Waals surface area (Å²) in [7, 11) is 0. The minimum atomic E-state index is -0.780. The molecule has 0 fully saturated rings. The van der Waals surface area contributed by atoms with Crippen LogP contribution in [0.1, 0.15) is 297 Å². The Bertz CT molecular complexity index is 1000. The predicted molar refractivity (Wildman–Crippen MR) is 266 cm³/mol. The number of allylic oxidation sites excluding steroid dienone is 4. The summed E-state index contributed by atoms with van der Waals surface area (Å²) in [6.45, 7) is 6.63. The van der Waals surface area contributed by atoms with Crippen LogP contribution in [0.15, 0.2) is 24.3 Å². The van der Waals surface area contributed by atoms with Crippen LogP contribution in [0.5, 0.6) is 0 Å². The second kappa shape index (κ2) is 51.5. The molecule has 0 aromatic carbocycles. The van der Waals surface area contributed by atoms with E-state index in [1.54, 1.807) is 0 Å². The van der Waals surface area contributed by atoms with Gasteiger partial charge in [0.1, 0.15) is 13.2 Å². The zero-order chi connectivity index (χ0) is 45.1. The van der Waals surface area contributed by atoms with Crippen molar-refractivity contribution in [3.8, 4) is 0 Å². The number of hydrogen-bond acceptors (Lipinski definition) is 6. The monoisotopic (exact) mass is 873 g/mol. The molecule has 6 heteroatoms. The standard InChI is InChI=1S/C56H104O6/c1-4-7-10-13-16-19-22-25-26-27-28-29-32-34-37-40-43-46-49-55(58)61-52-53(62-56(59)50-47-44-41-38-35-31-24-21-18-15-12-9-6-3)51-60-54(57)48-45-42-39-36-33-30-23-20-17-14-11-8-5-2/h30-31,33,35,53H,4-29,32,34,36-52H2,1-3H3/b33-30-,35-31-. The van der Waals surface area contributed by atoms with E-state index in [1.807, 2.05) is 0 Å². The Labute approximate surface area is 385 Å². The van der Waals surface area contributed by atoms with Gasteiger partial charge in [-0.25, -0.2) is 0 Å². The Morgan fingerprint density at radius 1 is 0.306 bits per heavy atom. The Balaban J connectivity index is 4.33. The second-order valence-electron chi connectivity index (χ2n) is 18.5. The smallest absolute Gasteiger partial charge is 0.306 e. The summed E-state index contributed by atoms with van der Waals surface area (Å²) in [5.41, 5.74) is 0. The van der Waals surface area contributed by atoms with Crippen LogP contribution in [0.25, 0.3) is 0 Å². The molecule has 0 aliphatic rings. The van der Waals surface area contributed by atoms with Crippen molar-refractivity contribution in [3.05, 3.63) is 24.3 Å². The lowest BCUT2D eigenvalue weighted by molar-refractivity contribution is -0.167. The highest BCUT2D eigenvalue weighted by atomic mass is 16.6. The lowest BCUT2D eigenvalue weighted by atomic mass is 10.0. The molecular formula is C56H104O6. The van der Waals surface area contributed by atoms with Crippen LogP contribution in [-0.4, -0.2) is 37.2 Å². The first kappa shape index (κ1) is 59.9. The van der Waals surface area contributed by atoms with Crippen LogP contribution in [0.3, 0.4) is 0 Å². The van der Waals surface area contributed by atoms with Gasteiger partial charge in [-0.15, -0.1) is 0 Å². The molecule has 0 aliphatic carbocycles. The molecule has 0 aromatic heterocycles. The SMILES string of the molecule is CCCCCCCC/C=C\CCCCCC(=O)OCC(COC(=O)CCCCCCCCCCCCCCCCCCCC)OC(=O)CCCCC/C=C\CCCCCCCC. The molecule has 0 amide bonds. The van der Waals surface area contributed by atoms with E-state index < -0.39 is 6.10 Å². The van der Waals surface area contributed by atoms with Crippen molar-refractivity contribution >= 4 is 17.9 Å². The van der Waals surface area contributed by atoms with Crippen LogP contribution in [0.2, 0.25) is 0 Å². The molecule has 1 atom stereocenters. The van der Waals surface area contributed by atoms with E-state index in [-0.39, 0.29) is 31.1 Å². The fraction of sp³-hybridized carbons (Fsp3) is 0.875. The highest BCUT2D eigenvalue weighted by Gasteiger charge is 2.19. The van der Waals surface area contributed by atoms with Gasteiger partial charge in [0.05, 0.1) is 0 Å². The van der Waals surface area contributed by atoms with Gasteiger partial charge >= 0.3 is 17.9 Å². The topological polar surface area (TPSA) is 78.9 Å². The zero-order valence-corrected chi connectivity index (χ0v) is 41.7. The van der Waals surface area contributed by atoms with E-state index in [2.05, 4.69) is 45.1 Å². The molecule has 0 rings (SSSR count). The van der Waals surface area contributed by atoms with Crippen molar-refractivity contribution in [1.82, 2.24) is 0 Å². The molecule has 0 spiro atoms. The van der Waals surface area contributed by atoms with Gasteiger partial charge in [0.15, 0.2) is 6.10 Å². The highest BCUT2D eigenvalue weighted by Crippen LogP contribution is 2.16. The van der Waals surface area contributed by atoms with Gasteiger partial charge in [0, 0.05) is 19.3 Å². The van der Waals surface area contributed by atoms with Crippen LogP contribution in [-0.2, 0) is 28.6 Å². The Morgan fingerprint density at radius 3 is 0.823 bits per heavy atom. The van der Waals surface area contributed by atoms with E-state index in [0.717, 1.165) is 83.5 Å². The van der Waals surface area contributed by atoms with Crippen molar-refractivity contribution in [2.45, 2.75) is 303 Å². The van der Waals surface area contributed by atoms with Crippen molar-refractivity contribution in [1.29, 1.82) is 0 Å². The van der Waals surface area contributed by atoms with Gasteiger partial charge < -0.3 is 14.2 Å². The molecule has 0 bridgehead atoms. The molecular weight excluding hydrogens is 769 g/mol. The summed E-state index contributed by atoms with van der Waals surface area (Å²) < 4.78 is 16.8. The lowest BCUT2D eigenvalue weighted by Gasteiger charge is -2.18. The second-order valence-corrected chi connectivity index (χ2v) is 18.5. The lowest BCUT2D eigenvalue weighted by Crippen LogP contribution is -2.30. The maximum atomic E-state index is 12.8. The molecule has 62 heavy (non-hydrogen) atoms.